The van der Waals surface area contributed by atoms with Crippen molar-refractivity contribution < 1.29 is 18.3 Å². The molecule has 0 aliphatic carbocycles. The molecule has 0 amide bonds. The average molecular weight is 318 g/mol. The molecule has 0 saturated carbocycles. The standard InChI is InChI=1S/C19H17F3O/c20-10-19(11-21,12-22)18(23)17-15-7-3-1-5-13(15)9-14-6-2-4-8-16(14)17/h1-9,18,23H,10-12H2. The molecule has 1 atom stereocenters. The van der Waals surface area contributed by atoms with Crippen LogP contribution < -0.4 is 0 Å². The van der Waals surface area contributed by atoms with Crippen LogP contribution in [0.15, 0.2) is 54.6 Å². The summed E-state index contributed by atoms with van der Waals surface area (Å²) >= 11 is 0. The van der Waals surface area contributed by atoms with Gasteiger partial charge in [0, 0.05) is 0 Å². The van der Waals surface area contributed by atoms with Crippen molar-refractivity contribution in [2.75, 3.05) is 20.0 Å². The lowest BCUT2D eigenvalue weighted by Crippen LogP contribution is -2.36. The van der Waals surface area contributed by atoms with Crippen LogP contribution in [0.25, 0.3) is 21.5 Å². The van der Waals surface area contributed by atoms with E-state index < -0.39 is 31.5 Å². The summed E-state index contributed by atoms with van der Waals surface area (Å²) in [6, 6.07) is 16.5. The van der Waals surface area contributed by atoms with Gasteiger partial charge in [0.1, 0.15) is 20.0 Å². The molecule has 120 valence electrons. The average Bonchev–Trinajstić information content (AvgIpc) is 2.61. The fourth-order valence-corrected chi connectivity index (χ4v) is 2.98. The maximum absolute atomic E-state index is 13.4. The summed E-state index contributed by atoms with van der Waals surface area (Å²) in [7, 11) is 0. The number of aliphatic hydroxyl groups excluding tert-OH is 1. The van der Waals surface area contributed by atoms with Crippen molar-refractivity contribution in [2.45, 2.75) is 6.10 Å². The molecule has 0 radical (unpaired) electrons. The molecule has 0 aliphatic rings. The second-order valence-electron chi connectivity index (χ2n) is 5.90. The Morgan fingerprint density at radius 2 is 1.22 bits per heavy atom. The molecule has 3 aromatic carbocycles. The van der Waals surface area contributed by atoms with Crippen LogP contribution in [0, 0.1) is 5.41 Å². The minimum atomic E-state index is -2.06. The van der Waals surface area contributed by atoms with Crippen LogP contribution in [0.3, 0.4) is 0 Å². The quantitative estimate of drug-likeness (QED) is 0.662. The summed E-state index contributed by atoms with van der Waals surface area (Å²) in [4.78, 5) is 0. The lowest BCUT2D eigenvalue weighted by Gasteiger charge is -2.32. The zero-order valence-corrected chi connectivity index (χ0v) is 12.5. The first-order valence-electron chi connectivity index (χ1n) is 7.43. The summed E-state index contributed by atoms with van der Waals surface area (Å²) in [6.45, 7) is -3.80. The summed E-state index contributed by atoms with van der Waals surface area (Å²) in [5.41, 5.74) is -1.68. The lowest BCUT2D eigenvalue weighted by atomic mass is 9.79. The number of alkyl halides is 3. The molecule has 0 bridgehead atoms. The highest BCUT2D eigenvalue weighted by Crippen LogP contribution is 2.42. The normalized spacial score (nSPS) is 13.6. The predicted molar refractivity (Wildman–Crippen MR) is 86.8 cm³/mol. The van der Waals surface area contributed by atoms with Gasteiger partial charge in [-0.15, -0.1) is 0 Å². The molecule has 0 spiro atoms. The Balaban J connectivity index is 2.37. The maximum Gasteiger partial charge on any atom is 0.103 e. The molecule has 1 nitrogen and oxygen atoms in total. The van der Waals surface area contributed by atoms with Crippen molar-refractivity contribution in [1.29, 1.82) is 0 Å². The molecular weight excluding hydrogens is 301 g/mol. The van der Waals surface area contributed by atoms with Crippen molar-refractivity contribution in [3.63, 3.8) is 0 Å². The highest BCUT2D eigenvalue weighted by Gasteiger charge is 2.41. The summed E-state index contributed by atoms with van der Waals surface area (Å²) < 4.78 is 40.2. The second-order valence-corrected chi connectivity index (χ2v) is 5.90. The van der Waals surface area contributed by atoms with Gasteiger partial charge in [0.15, 0.2) is 0 Å². The highest BCUT2D eigenvalue weighted by atomic mass is 19.1. The Labute approximate surface area is 132 Å². The van der Waals surface area contributed by atoms with Crippen LogP contribution >= 0.6 is 0 Å². The van der Waals surface area contributed by atoms with E-state index in [1.165, 1.54) is 0 Å². The van der Waals surface area contributed by atoms with E-state index in [0.717, 1.165) is 10.8 Å². The third kappa shape index (κ3) is 2.47. The van der Waals surface area contributed by atoms with Gasteiger partial charge < -0.3 is 5.11 Å². The Bertz CT molecular complexity index is 765. The van der Waals surface area contributed by atoms with Gasteiger partial charge in [-0.25, -0.2) is 0 Å². The van der Waals surface area contributed by atoms with E-state index in [1.807, 2.05) is 30.3 Å². The fraction of sp³-hybridized carbons (Fsp3) is 0.263. The second kappa shape index (κ2) is 6.20. The first-order chi connectivity index (χ1) is 11.2. The molecule has 0 aliphatic heterocycles. The zero-order valence-electron chi connectivity index (χ0n) is 12.5. The number of halogens is 3. The fourth-order valence-electron chi connectivity index (χ4n) is 2.98. The van der Waals surface area contributed by atoms with Gasteiger partial charge in [-0.2, -0.15) is 0 Å². The molecule has 3 rings (SSSR count). The Hall–Kier alpha value is -2.07. The van der Waals surface area contributed by atoms with Crippen molar-refractivity contribution in [2.24, 2.45) is 5.41 Å². The van der Waals surface area contributed by atoms with E-state index in [9.17, 15) is 18.3 Å². The Morgan fingerprint density at radius 1 is 0.783 bits per heavy atom. The van der Waals surface area contributed by atoms with E-state index in [-0.39, 0.29) is 0 Å². The van der Waals surface area contributed by atoms with Crippen LogP contribution in [-0.2, 0) is 0 Å². The van der Waals surface area contributed by atoms with Crippen LogP contribution in [0.4, 0.5) is 13.2 Å². The third-order valence-corrected chi connectivity index (χ3v) is 4.46. The van der Waals surface area contributed by atoms with Gasteiger partial charge in [0.25, 0.3) is 0 Å². The van der Waals surface area contributed by atoms with Crippen LogP contribution in [0.1, 0.15) is 11.7 Å². The van der Waals surface area contributed by atoms with Gasteiger partial charge in [-0.3, -0.25) is 13.2 Å². The first kappa shape index (κ1) is 15.8. The Kier molecular flexibility index (Phi) is 4.26. The van der Waals surface area contributed by atoms with E-state index in [0.29, 0.717) is 16.3 Å². The smallest absolute Gasteiger partial charge is 0.103 e. The lowest BCUT2D eigenvalue weighted by molar-refractivity contribution is -0.0283. The predicted octanol–water partition coefficient (Wildman–Crippen LogP) is 4.92. The van der Waals surface area contributed by atoms with Gasteiger partial charge in [-0.1, -0.05) is 48.5 Å². The largest absolute Gasteiger partial charge is 0.387 e. The van der Waals surface area contributed by atoms with Crippen molar-refractivity contribution >= 4 is 21.5 Å². The molecule has 0 saturated heterocycles. The minimum Gasteiger partial charge on any atom is -0.387 e. The van der Waals surface area contributed by atoms with Gasteiger partial charge in [-0.05, 0) is 33.2 Å². The number of hydrogen-bond acceptors (Lipinski definition) is 1. The maximum atomic E-state index is 13.4. The summed E-state index contributed by atoms with van der Waals surface area (Å²) in [5.74, 6) is 0. The van der Waals surface area contributed by atoms with Crippen molar-refractivity contribution in [3.8, 4) is 0 Å². The van der Waals surface area contributed by atoms with E-state index >= 15 is 0 Å². The highest BCUT2D eigenvalue weighted by molar-refractivity contribution is 6.02. The van der Waals surface area contributed by atoms with Gasteiger partial charge in [0.2, 0.25) is 0 Å². The SMILES string of the molecule is OC(c1c2ccccc2cc2ccccc12)C(CF)(CF)CF. The molecular formula is C19H17F3O. The van der Waals surface area contributed by atoms with Gasteiger partial charge in [0.05, 0.1) is 11.5 Å². The first-order valence-corrected chi connectivity index (χ1v) is 7.43. The van der Waals surface area contributed by atoms with Crippen molar-refractivity contribution in [1.82, 2.24) is 0 Å². The monoisotopic (exact) mass is 318 g/mol. The number of rotatable bonds is 5. The van der Waals surface area contributed by atoms with Crippen LogP contribution in [-0.4, -0.2) is 25.1 Å². The van der Waals surface area contributed by atoms with E-state index in [2.05, 4.69) is 0 Å². The third-order valence-electron chi connectivity index (χ3n) is 4.46. The molecule has 0 fully saturated rings. The van der Waals surface area contributed by atoms with Gasteiger partial charge >= 0.3 is 0 Å². The number of benzene rings is 3. The number of aliphatic hydroxyl groups is 1. The van der Waals surface area contributed by atoms with E-state index in [4.69, 9.17) is 0 Å². The zero-order chi connectivity index (χ0) is 16.4. The molecule has 23 heavy (non-hydrogen) atoms. The molecule has 1 unspecified atom stereocenters. The minimum absolute atomic E-state index is 0.381. The number of fused-ring (bicyclic) bond motifs is 2. The molecule has 0 heterocycles. The summed E-state index contributed by atoms with van der Waals surface area (Å²) in [6.07, 6.45) is -1.57. The van der Waals surface area contributed by atoms with Crippen LogP contribution in [0.2, 0.25) is 0 Å². The van der Waals surface area contributed by atoms with E-state index in [1.54, 1.807) is 24.3 Å². The molecule has 0 aromatic heterocycles. The van der Waals surface area contributed by atoms with Crippen molar-refractivity contribution in [3.05, 3.63) is 60.2 Å². The molecule has 3 aromatic rings. The van der Waals surface area contributed by atoms with Crippen LogP contribution in [0.5, 0.6) is 0 Å². The summed E-state index contributed by atoms with van der Waals surface area (Å²) in [5, 5.41) is 13.7. The molecule has 4 heteroatoms. The topological polar surface area (TPSA) is 20.2 Å². The Morgan fingerprint density at radius 3 is 1.65 bits per heavy atom. The number of hydrogen-bond donors (Lipinski definition) is 1. The molecule has 1 N–H and O–H groups in total.